The highest BCUT2D eigenvalue weighted by Gasteiger charge is 2.20. The summed E-state index contributed by atoms with van der Waals surface area (Å²) in [4.78, 5) is 13.9. The van der Waals surface area contributed by atoms with Gasteiger partial charge in [-0.3, -0.25) is 0 Å². The maximum absolute atomic E-state index is 12.5. The first kappa shape index (κ1) is 19.6. The van der Waals surface area contributed by atoms with Gasteiger partial charge in [-0.25, -0.2) is 13.1 Å². The Balaban J connectivity index is 2.29. The minimum atomic E-state index is -3.88. The molecule has 0 bridgehead atoms. The number of hydrogen-bond acceptors (Lipinski definition) is 7. The SMILES string of the molecule is COc1nc(CNS(=O)(=O)c2cc(C)c(Cl)cc2Cl)nc(N(C)C)n1. The van der Waals surface area contributed by atoms with Crippen LogP contribution in [0.4, 0.5) is 5.95 Å². The molecule has 0 amide bonds. The van der Waals surface area contributed by atoms with E-state index < -0.39 is 10.0 Å². The van der Waals surface area contributed by atoms with Crippen LogP contribution in [-0.4, -0.2) is 44.6 Å². The van der Waals surface area contributed by atoms with Crippen molar-refractivity contribution in [2.24, 2.45) is 0 Å². The fourth-order valence-corrected chi connectivity index (χ4v) is 3.64. The summed E-state index contributed by atoms with van der Waals surface area (Å²) in [6, 6.07) is 2.89. The molecule has 8 nitrogen and oxygen atoms in total. The van der Waals surface area contributed by atoms with Crippen LogP contribution in [0.1, 0.15) is 11.4 Å². The van der Waals surface area contributed by atoms with E-state index in [1.165, 1.54) is 19.2 Å². The predicted molar refractivity (Wildman–Crippen MR) is 95.9 cm³/mol. The van der Waals surface area contributed by atoms with Gasteiger partial charge < -0.3 is 9.64 Å². The molecule has 0 aliphatic heterocycles. The zero-order valence-electron chi connectivity index (χ0n) is 14.0. The van der Waals surface area contributed by atoms with Gasteiger partial charge in [0, 0.05) is 19.1 Å². The van der Waals surface area contributed by atoms with Gasteiger partial charge in [0.15, 0.2) is 5.82 Å². The van der Waals surface area contributed by atoms with E-state index in [1.807, 2.05) is 0 Å². The summed E-state index contributed by atoms with van der Waals surface area (Å²) in [6.07, 6.45) is 0. The third-order valence-corrected chi connectivity index (χ3v) is 5.43. The number of hydrogen-bond donors (Lipinski definition) is 1. The van der Waals surface area contributed by atoms with Crippen LogP contribution in [0.2, 0.25) is 10.0 Å². The Kier molecular flexibility index (Phi) is 6.04. The number of aromatic nitrogens is 3. The number of ether oxygens (including phenoxy) is 1. The lowest BCUT2D eigenvalue weighted by molar-refractivity contribution is 0.375. The van der Waals surface area contributed by atoms with E-state index >= 15 is 0 Å². The Labute approximate surface area is 156 Å². The van der Waals surface area contributed by atoms with Crippen molar-refractivity contribution in [3.8, 4) is 6.01 Å². The third-order valence-electron chi connectivity index (χ3n) is 3.15. The first-order valence-corrected chi connectivity index (χ1v) is 9.29. The summed E-state index contributed by atoms with van der Waals surface area (Å²) in [5.74, 6) is 0.558. The Bertz CT molecular complexity index is 890. The quantitative estimate of drug-likeness (QED) is 0.784. The molecular weight excluding hydrogens is 389 g/mol. The van der Waals surface area contributed by atoms with Crippen LogP contribution < -0.4 is 14.4 Å². The second-order valence-corrected chi connectivity index (χ2v) is 7.84. The molecule has 11 heteroatoms. The minimum absolute atomic E-state index is 0.0327. The molecule has 136 valence electrons. The molecule has 1 aromatic heterocycles. The smallest absolute Gasteiger partial charge is 0.321 e. The topological polar surface area (TPSA) is 97.3 Å². The van der Waals surface area contributed by atoms with Gasteiger partial charge in [0.25, 0.3) is 0 Å². The van der Waals surface area contributed by atoms with Gasteiger partial charge in [-0.15, -0.1) is 0 Å². The predicted octanol–water partition coefficient (Wildman–Crippen LogP) is 2.04. The van der Waals surface area contributed by atoms with Crippen LogP contribution >= 0.6 is 23.2 Å². The van der Waals surface area contributed by atoms with Crippen LogP contribution in [0.5, 0.6) is 6.01 Å². The lowest BCUT2D eigenvalue weighted by Crippen LogP contribution is -2.25. The van der Waals surface area contributed by atoms with Crippen molar-refractivity contribution >= 4 is 39.2 Å². The molecule has 25 heavy (non-hydrogen) atoms. The first-order chi connectivity index (χ1) is 11.6. The highest BCUT2D eigenvalue weighted by atomic mass is 35.5. The molecule has 1 N–H and O–H groups in total. The van der Waals surface area contributed by atoms with Crippen molar-refractivity contribution in [2.75, 3.05) is 26.1 Å². The van der Waals surface area contributed by atoms with Crippen molar-refractivity contribution in [1.82, 2.24) is 19.7 Å². The molecule has 1 aromatic carbocycles. The van der Waals surface area contributed by atoms with Gasteiger partial charge in [-0.1, -0.05) is 23.2 Å². The van der Waals surface area contributed by atoms with Crippen LogP contribution in [0, 0.1) is 6.92 Å². The lowest BCUT2D eigenvalue weighted by Gasteiger charge is -2.13. The number of halogens is 2. The number of anilines is 1. The van der Waals surface area contributed by atoms with E-state index in [0.29, 0.717) is 16.5 Å². The molecule has 0 atom stereocenters. The number of nitrogens with zero attached hydrogens (tertiary/aromatic N) is 4. The molecule has 0 unspecified atom stereocenters. The zero-order valence-corrected chi connectivity index (χ0v) is 16.4. The highest BCUT2D eigenvalue weighted by molar-refractivity contribution is 7.89. The van der Waals surface area contributed by atoms with E-state index in [4.69, 9.17) is 27.9 Å². The Morgan fingerprint density at radius 3 is 2.44 bits per heavy atom. The van der Waals surface area contributed by atoms with E-state index in [2.05, 4.69) is 19.7 Å². The van der Waals surface area contributed by atoms with E-state index in [9.17, 15) is 8.42 Å². The molecular formula is C14H17Cl2N5O3S. The van der Waals surface area contributed by atoms with E-state index in [-0.39, 0.29) is 28.3 Å². The minimum Gasteiger partial charge on any atom is -0.467 e. The monoisotopic (exact) mass is 405 g/mol. The summed E-state index contributed by atoms with van der Waals surface area (Å²) in [5.41, 5.74) is 0.600. The van der Waals surface area contributed by atoms with Crippen LogP contribution in [-0.2, 0) is 16.6 Å². The van der Waals surface area contributed by atoms with Crippen LogP contribution in [0.25, 0.3) is 0 Å². The van der Waals surface area contributed by atoms with Gasteiger partial charge in [-0.2, -0.15) is 15.0 Å². The zero-order chi connectivity index (χ0) is 18.8. The molecule has 0 aliphatic carbocycles. The molecule has 0 aliphatic rings. The number of rotatable bonds is 6. The van der Waals surface area contributed by atoms with Crippen molar-refractivity contribution in [1.29, 1.82) is 0 Å². The van der Waals surface area contributed by atoms with Gasteiger partial charge in [-0.05, 0) is 24.6 Å². The molecule has 0 saturated heterocycles. The average Bonchev–Trinajstić information content (AvgIpc) is 2.55. The standard InChI is InChI=1S/C14H17Cl2N5O3S/c1-8-5-11(10(16)6-9(8)15)25(22,23)17-7-12-18-13(21(2)3)20-14(19-12)24-4/h5-6,17H,7H2,1-4H3. The van der Waals surface area contributed by atoms with Gasteiger partial charge in [0.1, 0.15) is 4.90 Å². The van der Waals surface area contributed by atoms with E-state index in [1.54, 1.807) is 25.9 Å². The number of sulfonamides is 1. The van der Waals surface area contributed by atoms with Gasteiger partial charge in [0.2, 0.25) is 16.0 Å². The largest absolute Gasteiger partial charge is 0.467 e. The molecule has 2 aromatic rings. The third kappa shape index (κ3) is 4.69. The second kappa shape index (κ2) is 7.69. The second-order valence-electron chi connectivity index (χ2n) is 5.29. The summed E-state index contributed by atoms with van der Waals surface area (Å²) in [7, 11) is 1.04. The fourth-order valence-electron chi connectivity index (χ4n) is 1.83. The lowest BCUT2D eigenvalue weighted by atomic mass is 10.2. The maximum atomic E-state index is 12.5. The molecule has 2 rings (SSSR count). The molecule has 0 spiro atoms. The summed E-state index contributed by atoms with van der Waals surface area (Å²) >= 11 is 12.0. The molecule has 1 heterocycles. The summed E-state index contributed by atoms with van der Waals surface area (Å²) in [6.45, 7) is 1.54. The number of benzene rings is 1. The van der Waals surface area contributed by atoms with E-state index in [0.717, 1.165) is 0 Å². The average molecular weight is 406 g/mol. The highest BCUT2D eigenvalue weighted by Crippen LogP contribution is 2.28. The Hall–Kier alpha value is -1.68. The molecule has 0 saturated carbocycles. The first-order valence-electron chi connectivity index (χ1n) is 7.05. The number of nitrogens with one attached hydrogen (secondary N) is 1. The van der Waals surface area contributed by atoms with Crippen molar-refractivity contribution < 1.29 is 13.2 Å². The van der Waals surface area contributed by atoms with Crippen molar-refractivity contribution in [3.05, 3.63) is 33.6 Å². The Morgan fingerprint density at radius 1 is 1.16 bits per heavy atom. The number of aryl methyl sites for hydroxylation is 1. The van der Waals surface area contributed by atoms with Crippen LogP contribution in [0.15, 0.2) is 17.0 Å². The van der Waals surface area contributed by atoms with Gasteiger partial charge in [0.05, 0.1) is 18.7 Å². The molecule has 0 radical (unpaired) electrons. The van der Waals surface area contributed by atoms with Crippen molar-refractivity contribution in [2.45, 2.75) is 18.4 Å². The van der Waals surface area contributed by atoms with Crippen molar-refractivity contribution in [3.63, 3.8) is 0 Å². The summed E-state index contributed by atoms with van der Waals surface area (Å²) in [5, 5.41) is 0.423. The summed E-state index contributed by atoms with van der Waals surface area (Å²) < 4.78 is 32.4. The normalized spacial score (nSPS) is 11.4. The maximum Gasteiger partial charge on any atom is 0.321 e. The van der Waals surface area contributed by atoms with Crippen LogP contribution in [0.3, 0.4) is 0 Å². The number of methoxy groups -OCH3 is 1. The van der Waals surface area contributed by atoms with Gasteiger partial charge >= 0.3 is 6.01 Å². The molecule has 0 fully saturated rings. The Morgan fingerprint density at radius 2 is 1.84 bits per heavy atom. The fraction of sp³-hybridized carbons (Fsp3) is 0.357.